The minimum atomic E-state index is 0.658. The van der Waals surface area contributed by atoms with Crippen molar-refractivity contribution in [3.63, 3.8) is 0 Å². The van der Waals surface area contributed by atoms with Crippen molar-refractivity contribution < 1.29 is 4.84 Å². The van der Waals surface area contributed by atoms with Gasteiger partial charge in [-0.1, -0.05) is 11.6 Å². The topological polar surface area (TPSA) is 24.8 Å². The van der Waals surface area contributed by atoms with Gasteiger partial charge in [0, 0.05) is 13.1 Å². The average Bonchev–Trinajstić information content (AvgIpc) is 2.05. The van der Waals surface area contributed by atoms with Crippen LogP contribution in [0.1, 0.15) is 33.1 Å². The van der Waals surface area contributed by atoms with E-state index in [1.807, 2.05) is 13.8 Å². The fourth-order valence-corrected chi connectivity index (χ4v) is 1.33. The molecule has 0 radical (unpaired) electrons. The Balaban J connectivity index is 2.09. The Hall–Kier alpha value is -0.570. The van der Waals surface area contributed by atoms with Gasteiger partial charge in [-0.2, -0.15) is 0 Å². The van der Waals surface area contributed by atoms with Crippen molar-refractivity contribution in [1.29, 1.82) is 0 Å². The normalized spacial score (nSPS) is 18.8. The van der Waals surface area contributed by atoms with E-state index in [1.54, 1.807) is 0 Å². The molecule has 1 heterocycles. The Morgan fingerprint density at radius 2 is 1.92 bits per heavy atom. The third-order valence-corrected chi connectivity index (χ3v) is 1.94. The first-order valence-electron chi connectivity index (χ1n) is 4.64. The molecule has 0 aromatic carbocycles. The van der Waals surface area contributed by atoms with Crippen LogP contribution in [-0.4, -0.2) is 30.4 Å². The fourth-order valence-electron chi connectivity index (χ4n) is 1.33. The van der Waals surface area contributed by atoms with Crippen LogP contribution in [0.25, 0.3) is 0 Å². The van der Waals surface area contributed by atoms with E-state index in [1.165, 1.54) is 19.3 Å². The molecule has 0 unspecified atom stereocenters. The number of hydrogen-bond donors (Lipinski definition) is 0. The molecule has 0 bridgehead atoms. The molecule has 70 valence electrons. The number of oxime groups is 1. The second kappa shape index (κ2) is 5.14. The Kier molecular flexibility index (Phi) is 4.08. The van der Waals surface area contributed by atoms with Crippen molar-refractivity contribution in [3.05, 3.63) is 0 Å². The van der Waals surface area contributed by atoms with Gasteiger partial charge in [0.1, 0.15) is 0 Å². The maximum Gasteiger partial charge on any atom is 0.170 e. The van der Waals surface area contributed by atoms with Crippen LogP contribution < -0.4 is 0 Å². The molecule has 0 aromatic rings. The van der Waals surface area contributed by atoms with Crippen LogP contribution in [0.4, 0.5) is 0 Å². The molecule has 1 rings (SSSR count). The molecule has 0 aromatic heterocycles. The van der Waals surface area contributed by atoms with E-state index in [-0.39, 0.29) is 0 Å². The molecule has 3 heteroatoms. The lowest BCUT2D eigenvalue weighted by Crippen LogP contribution is -2.31. The average molecular weight is 170 g/mol. The zero-order valence-corrected chi connectivity index (χ0v) is 8.05. The summed E-state index contributed by atoms with van der Waals surface area (Å²) >= 11 is 0. The second-order valence-corrected chi connectivity index (χ2v) is 3.48. The number of hydrogen-bond acceptors (Lipinski definition) is 3. The zero-order valence-electron chi connectivity index (χ0n) is 8.05. The van der Waals surface area contributed by atoms with Gasteiger partial charge in [-0.15, -0.1) is 0 Å². The van der Waals surface area contributed by atoms with Crippen LogP contribution in [0.5, 0.6) is 0 Å². The quantitative estimate of drug-likeness (QED) is 0.477. The monoisotopic (exact) mass is 170 g/mol. The maximum absolute atomic E-state index is 5.15. The molecule has 3 nitrogen and oxygen atoms in total. The number of rotatable bonds is 3. The van der Waals surface area contributed by atoms with Gasteiger partial charge in [-0.3, -0.25) is 4.90 Å². The number of nitrogens with zero attached hydrogens (tertiary/aromatic N) is 2. The first kappa shape index (κ1) is 9.52. The van der Waals surface area contributed by atoms with Crippen LogP contribution in [0.3, 0.4) is 0 Å². The van der Waals surface area contributed by atoms with Gasteiger partial charge in [0.2, 0.25) is 0 Å². The molecule has 1 aliphatic heterocycles. The highest BCUT2D eigenvalue weighted by Crippen LogP contribution is 2.07. The van der Waals surface area contributed by atoms with Crippen molar-refractivity contribution in [2.24, 2.45) is 5.16 Å². The summed E-state index contributed by atoms with van der Waals surface area (Å²) in [6.07, 6.45) is 3.98. The SMILES string of the molecule is CC(C)=NOCN1CCCCC1. The zero-order chi connectivity index (χ0) is 8.81. The standard InChI is InChI=1S/C9H18N2O/c1-9(2)10-12-8-11-6-4-3-5-7-11/h3-8H2,1-2H3. The first-order chi connectivity index (χ1) is 5.79. The second-order valence-electron chi connectivity index (χ2n) is 3.48. The van der Waals surface area contributed by atoms with Crippen LogP contribution in [-0.2, 0) is 4.84 Å². The highest BCUT2D eigenvalue weighted by atomic mass is 16.6. The molecule has 0 amide bonds. The summed E-state index contributed by atoms with van der Waals surface area (Å²) in [4.78, 5) is 7.45. The maximum atomic E-state index is 5.15. The Morgan fingerprint density at radius 1 is 1.25 bits per heavy atom. The van der Waals surface area contributed by atoms with Crippen LogP contribution in [0.2, 0.25) is 0 Å². The van der Waals surface area contributed by atoms with E-state index in [0.29, 0.717) is 6.73 Å². The Bertz CT molecular complexity index is 147. The van der Waals surface area contributed by atoms with Gasteiger partial charge in [-0.05, 0) is 26.7 Å². The molecular weight excluding hydrogens is 152 g/mol. The summed E-state index contributed by atoms with van der Waals surface area (Å²) in [7, 11) is 0. The third-order valence-electron chi connectivity index (χ3n) is 1.94. The van der Waals surface area contributed by atoms with Crippen molar-refractivity contribution in [2.45, 2.75) is 33.1 Å². The third kappa shape index (κ3) is 3.72. The summed E-state index contributed by atoms with van der Waals surface area (Å²) in [6, 6.07) is 0. The van der Waals surface area contributed by atoms with Gasteiger partial charge in [0.15, 0.2) is 6.73 Å². The van der Waals surface area contributed by atoms with E-state index >= 15 is 0 Å². The molecular formula is C9H18N2O. The van der Waals surface area contributed by atoms with E-state index in [0.717, 1.165) is 18.8 Å². The van der Waals surface area contributed by atoms with Crippen LogP contribution >= 0.6 is 0 Å². The summed E-state index contributed by atoms with van der Waals surface area (Å²) < 4.78 is 0. The van der Waals surface area contributed by atoms with E-state index in [9.17, 15) is 0 Å². The molecule has 1 fully saturated rings. The van der Waals surface area contributed by atoms with Crippen LogP contribution in [0.15, 0.2) is 5.16 Å². The predicted octanol–water partition coefficient (Wildman–Crippen LogP) is 1.84. The predicted molar refractivity (Wildman–Crippen MR) is 50.2 cm³/mol. The lowest BCUT2D eigenvalue weighted by molar-refractivity contribution is 0.0222. The van der Waals surface area contributed by atoms with Crippen molar-refractivity contribution in [2.75, 3.05) is 19.8 Å². The van der Waals surface area contributed by atoms with Crippen LogP contribution in [0, 0.1) is 0 Å². The van der Waals surface area contributed by atoms with E-state index in [4.69, 9.17) is 4.84 Å². The molecule has 12 heavy (non-hydrogen) atoms. The number of piperidine rings is 1. The summed E-state index contributed by atoms with van der Waals surface area (Å²) in [5.74, 6) is 0. The molecule has 1 aliphatic rings. The first-order valence-corrected chi connectivity index (χ1v) is 4.64. The van der Waals surface area contributed by atoms with Gasteiger partial charge in [-0.25, -0.2) is 0 Å². The molecule has 0 atom stereocenters. The molecule has 0 saturated carbocycles. The van der Waals surface area contributed by atoms with E-state index < -0.39 is 0 Å². The Labute approximate surface area is 74.4 Å². The number of likely N-dealkylation sites (tertiary alicyclic amines) is 1. The van der Waals surface area contributed by atoms with Gasteiger partial charge < -0.3 is 4.84 Å². The molecule has 0 spiro atoms. The summed E-state index contributed by atoms with van der Waals surface area (Å²) in [5, 5.41) is 3.89. The Morgan fingerprint density at radius 3 is 2.50 bits per heavy atom. The molecule has 0 aliphatic carbocycles. The fraction of sp³-hybridized carbons (Fsp3) is 0.889. The highest BCUT2D eigenvalue weighted by molar-refractivity contribution is 5.78. The van der Waals surface area contributed by atoms with Gasteiger partial charge in [0.25, 0.3) is 0 Å². The highest BCUT2D eigenvalue weighted by Gasteiger charge is 2.09. The minimum absolute atomic E-state index is 0.658. The molecule has 1 saturated heterocycles. The van der Waals surface area contributed by atoms with Crippen molar-refractivity contribution in [3.8, 4) is 0 Å². The van der Waals surface area contributed by atoms with Gasteiger partial charge in [0.05, 0.1) is 5.71 Å². The lowest BCUT2D eigenvalue weighted by Gasteiger charge is -2.24. The summed E-state index contributed by atoms with van der Waals surface area (Å²) in [5.41, 5.74) is 0.979. The molecule has 0 N–H and O–H groups in total. The lowest BCUT2D eigenvalue weighted by atomic mass is 10.1. The minimum Gasteiger partial charge on any atom is -0.380 e. The van der Waals surface area contributed by atoms with Gasteiger partial charge >= 0.3 is 0 Å². The summed E-state index contributed by atoms with van der Waals surface area (Å²) in [6.45, 7) is 6.87. The largest absolute Gasteiger partial charge is 0.380 e. The smallest absolute Gasteiger partial charge is 0.170 e. The van der Waals surface area contributed by atoms with E-state index in [2.05, 4.69) is 10.1 Å². The van der Waals surface area contributed by atoms with Crippen molar-refractivity contribution >= 4 is 5.71 Å². The van der Waals surface area contributed by atoms with Crippen molar-refractivity contribution in [1.82, 2.24) is 4.90 Å².